The number of thiazole rings is 1. The lowest BCUT2D eigenvalue weighted by molar-refractivity contribution is -0.118. The van der Waals surface area contributed by atoms with Gasteiger partial charge in [-0.25, -0.2) is 4.98 Å². The van der Waals surface area contributed by atoms with E-state index in [9.17, 15) is 9.90 Å². The van der Waals surface area contributed by atoms with Gasteiger partial charge in [0.15, 0.2) is 0 Å². The summed E-state index contributed by atoms with van der Waals surface area (Å²) in [5.74, 6) is 1.16. The summed E-state index contributed by atoms with van der Waals surface area (Å²) in [5.41, 5.74) is 1.02. The highest BCUT2D eigenvalue weighted by molar-refractivity contribution is 7.99. The van der Waals surface area contributed by atoms with Crippen LogP contribution in [-0.4, -0.2) is 48.1 Å². The highest BCUT2D eigenvalue weighted by atomic mass is 32.2. The number of nitrogens with one attached hydrogen (secondary N) is 1. The van der Waals surface area contributed by atoms with E-state index in [0.717, 1.165) is 16.5 Å². The Kier molecular flexibility index (Phi) is 8.04. The summed E-state index contributed by atoms with van der Waals surface area (Å²) in [5, 5.41) is 15.2. The average Bonchev–Trinajstić information content (AvgIpc) is 2.75. The van der Waals surface area contributed by atoms with Crippen molar-refractivity contribution in [2.45, 2.75) is 25.2 Å². The maximum Gasteiger partial charge on any atom is 0.230 e. The van der Waals surface area contributed by atoms with E-state index >= 15 is 0 Å². The van der Waals surface area contributed by atoms with Crippen LogP contribution in [0.1, 0.15) is 17.1 Å². The lowest BCUT2D eigenvalue weighted by Gasteiger charge is -2.09. The van der Waals surface area contributed by atoms with Gasteiger partial charge in [-0.3, -0.25) is 4.79 Å². The first-order chi connectivity index (χ1) is 9.11. The molecule has 0 spiro atoms. The van der Waals surface area contributed by atoms with Crippen molar-refractivity contribution in [1.29, 1.82) is 0 Å². The SMILES string of the molecule is COCC(O)CCNC(=O)CSCc1csc(C)n1. The lowest BCUT2D eigenvalue weighted by atomic mass is 10.3. The molecule has 19 heavy (non-hydrogen) atoms. The van der Waals surface area contributed by atoms with Crippen LogP contribution in [0.5, 0.6) is 0 Å². The quantitative estimate of drug-likeness (QED) is 0.717. The van der Waals surface area contributed by atoms with Crippen LogP contribution in [0.4, 0.5) is 0 Å². The third-order valence-electron chi connectivity index (χ3n) is 2.31. The van der Waals surface area contributed by atoms with E-state index in [1.165, 1.54) is 0 Å². The fraction of sp³-hybridized carbons (Fsp3) is 0.667. The highest BCUT2D eigenvalue weighted by Gasteiger charge is 2.06. The number of aliphatic hydroxyl groups excluding tert-OH is 1. The first-order valence-electron chi connectivity index (χ1n) is 6.04. The van der Waals surface area contributed by atoms with Gasteiger partial charge >= 0.3 is 0 Å². The number of carbonyl (C=O) groups is 1. The molecule has 2 N–H and O–H groups in total. The first-order valence-corrected chi connectivity index (χ1v) is 8.07. The van der Waals surface area contributed by atoms with Crippen molar-refractivity contribution in [3.63, 3.8) is 0 Å². The molecule has 1 aromatic heterocycles. The van der Waals surface area contributed by atoms with Crippen molar-refractivity contribution in [3.05, 3.63) is 16.1 Å². The Morgan fingerprint density at radius 2 is 2.47 bits per heavy atom. The van der Waals surface area contributed by atoms with Gasteiger partial charge in [0.2, 0.25) is 5.91 Å². The van der Waals surface area contributed by atoms with Crippen LogP contribution in [0, 0.1) is 6.92 Å². The molecule has 0 aliphatic heterocycles. The van der Waals surface area contributed by atoms with Crippen LogP contribution in [0.2, 0.25) is 0 Å². The van der Waals surface area contributed by atoms with Crippen molar-refractivity contribution in [2.75, 3.05) is 26.0 Å². The van der Waals surface area contributed by atoms with E-state index in [4.69, 9.17) is 4.74 Å². The molecular formula is C12H20N2O3S2. The summed E-state index contributed by atoms with van der Waals surface area (Å²) in [4.78, 5) is 15.8. The summed E-state index contributed by atoms with van der Waals surface area (Å²) in [7, 11) is 1.54. The molecule has 5 nitrogen and oxygen atoms in total. The van der Waals surface area contributed by atoms with Gasteiger partial charge in [0, 0.05) is 24.8 Å². The van der Waals surface area contributed by atoms with E-state index in [0.29, 0.717) is 25.3 Å². The van der Waals surface area contributed by atoms with Crippen LogP contribution in [-0.2, 0) is 15.3 Å². The number of aryl methyl sites for hydroxylation is 1. The highest BCUT2D eigenvalue weighted by Crippen LogP contribution is 2.14. The van der Waals surface area contributed by atoms with E-state index in [-0.39, 0.29) is 5.91 Å². The van der Waals surface area contributed by atoms with Gasteiger partial charge in [0.05, 0.1) is 29.2 Å². The molecule has 1 amide bonds. The summed E-state index contributed by atoms with van der Waals surface area (Å²) in [6, 6.07) is 0. The number of nitrogens with zero attached hydrogens (tertiary/aromatic N) is 1. The predicted octanol–water partition coefficient (Wildman–Crippen LogP) is 1.20. The maximum atomic E-state index is 11.5. The van der Waals surface area contributed by atoms with Gasteiger partial charge < -0.3 is 15.2 Å². The second kappa shape index (κ2) is 9.30. The number of carbonyl (C=O) groups excluding carboxylic acids is 1. The van der Waals surface area contributed by atoms with Crippen molar-refractivity contribution in [2.24, 2.45) is 0 Å². The fourth-order valence-electron chi connectivity index (χ4n) is 1.43. The first kappa shape index (κ1) is 16.4. The fourth-order valence-corrected chi connectivity index (χ4v) is 2.89. The van der Waals surface area contributed by atoms with Crippen LogP contribution in [0.25, 0.3) is 0 Å². The lowest BCUT2D eigenvalue weighted by Crippen LogP contribution is -2.29. The number of aliphatic hydroxyl groups is 1. The monoisotopic (exact) mass is 304 g/mol. The number of ether oxygens (including phenoxy) is 1. The second-order valence-corrected chi connectivity index (χ2v) is 6.15. The third-order valence-corrected chi connectivity index (χ3v) is 4.10. The smallest absolute Gasteiger partial charge is 0.230 e. The number of hydrogen-bond donors (Lipinski definition) is 2. The molecule has 1 atom stereocenters. The molecule has 0 radical (unpaired) electrons. The van der Waals surface area contributed by atoms with Gasteiger partial charge in [0.1, 0.15) is 0 Å². The molecule has 1 heterocycles. The third kappa shape index (κ3) is 7.51. The predicted molar refractivity (Wildman–Crippen MR) is 78.5 cm³/mol. The standard InChI is InChI=1S/C12H20N2O3S2/c1-9-14-10(7-19-9)6-18-8-12(16)13-4-3-11(15)5-17-2/h7,11,15H,3-6,8H2,1-2H3,(H,13,16). The number of amides is 1. The molecule has 0 aliphatic carbocycles. The van der Waals surface area contributed by atoms with Crippen molar-refractivity contribution in [3.8, 4) is 0 Å². The Morgan fingerprint density at radius 1 is 1.68 bits per heavy atom. The minimum atomic E-state index is -0.518. The van der Waals surface area contributed by atoms with Crippen LogP contribution < -0.4 is 5.32 Å². The van der Waals surface area contributed by atoms with E-state index in [2.05, 4.69) is 10.3 Å². The van der Waals surface area contributed by atoms with Gasteiger partial charge in [-0.05, 0) is 13.3 Å². The Hall–Kier alpha value is -0.630. The van der Waals surface area contributed by atoms with Crippen LogP contribution in [0.3, 0.4) is 0 Å². The Bertz CT molecular complexity index is 385. The maximum absolute atomic E-state index is 11.5. The Balaban J connectivity index is 2.05. The number of thioether (sulfide) groups is 1. The minimum Gasteiger partial charge on any atom is -0.391 e. The minimum absolute atomic E-state index is 0.0124. The van der Waals surface area contributed by atoms with E-state index < -0.39 is 6.10 Å². The molecule has 0 aliphatic rings. The van der Waals surface area contributed by atoms with E-state index in [1.807, 2.05) is 12.3 Å². The van der Waals surface area contributed by atoms with E-state index in [1.54, 1.807) is 30.2 Å². The molecule has 7 heteroatoms. The summed E-state index contributed by atoms with van der Waals surface area (Å²) in [6.45, 7) is 2.74. The normalized spacial score (nSPS) is 12.4. The van der Waals surface area contributed by atoms with Crippen molar-refractivity contribution in [1.82, 2.24) is 10.3 Å². The number of hydrogen-bond acceptors (Lipinski definition) is 6. The van der Waals surface area contributed by atoms with Gasteiger partial charge in [-0.15, -0.1) is 23.1 Å². The van der Waals surface area contributed by atoms with Gasteiger partial charge in [-0.1, -0.05) is 0 Å². The Morgan fingerprint density at radius 3 is 3.11 bits per heavy atom. The summed E-state index contributed by atoms with van der Waals surface area (Å²) < 4.78 is 4.80. The van der Waals surface area contributed by atoms with Crippen LogP contribution >= 0.6 is 23.1 Å². The summed E-state index contributed by atoms with van der Waals surface area (Å²) in [6.07, 6.45) is -0.00820. The zero-order valence-electron chi connectivity index (χ0n) is 11.2. The Labute approximate surface area is 121 Å². The number of aromatic nitrogens is 1. The number of methoxy groups -OCH3 is 1. The molecule has 1 aromatic rings. The molecule has 0 fully saturated rings. The van der Waals surface area contributed by atoms with Gasteiger partial charge in [0.25, 0.3) is 0 Å². The second-order valence-electron chi connectivity index (χ2n) is 4.10. The topological polar surface area (TPSA) is 71.5 Å². The molecule has 108 valence electrons. The molecule has 1 unspecified atom stereocenters. The number of rotatable bonds is 9. The van der Waals surface area contributed by atoms with Gasteiger partial charge in [-0.2, -0.15) is 0 Å². The molecule has 0 aromatic carbocycles. The van der Waals surface area contributed by atoms with Crippen molar-refractivity contribution < 1.29 is 14.6 Å². The van der Waals surface area contributed by atoms with Crippen LogP contribution in [0.15, 0.2) is 5.38 Å². The largest absolute Gasteiger partial charge is 0.391 e. The molecular weight excluding hydrogens is 284 g/mol. The summed E-state index contributed by atoms with van der Waals surface area (Å²) >= 11 is 3.16. The zero-order valence-corrected chi connectivity index (χ0v) is 12.9. The van der Waals surface area contributed by atoms with Crippen molar-refractivity contribution >= 4 is 29.0 Å². The molecule has 0 saturated heterocycles. The average molecular weight is 304 g/mol. The molecule has 1 rings (SSSR count). The zero-order chi connectivity index (χ0) is 14.1. The molecule has 0 bridgehead atoms. The molecule has 0 saturated carbocycles.